The summed E-state index contributed by atoms with van der Waals surface area (Å²) >= 11 is 0. The molecule has 0 aliphatic rings. The zero-order chi connectivity index (χ0) is 21.3. The van der Waals surface area contributed by atoms with Crippen LogP contribution in [0.25, 0.3) is 0 Å². The zero-order valence-electron chi connectivity index (χ0n) is 19.4. The van der Waals surface area contributed by atoms with E-state index in [0.29, 0.717) is 0 Å². The Labute approximate surface area is 184 Å². The van der Waals surface area contributed by atoms with Crippen LogP contribution in [-0.4, -0.2) is 13.1 Å². The highest BCUT2D eigenvalue weighted by atomic mass is 14.9. The van der Waals surface area contributed by atoms with Crippen molar-refractivity contribution in [1.82, 2.24) is 0 Å². The molecular formula is C26H44N4+2. The molecule has 166 valence electrons. The number of rotatable bonds is 17. The number of aryl methyl sites for hydroxylation is 2. The van der Waals surface area contributed by atoms with Crippen LogP contribution in [-0.2, 0) is 13.1 Å². The van der Waals surface area contributed by atoms with Gasteiger partial charge in [0.15, 0.2) is 24.8 Å². The molecule has 0 atom stereocenters. The van der Waals surface area contributed by atoms with Gasteiger partial charge < -0.3 is 10.6 Å². The van der Waals surface area contributed by atoms with Crippen molar-refractivity contribution >= 4 is 11.4 Å². The predicted molar refractivity (Wildman–Crippen MR) is 128 cm³/mol. The van der Waals surface area contributed by atoms with Crippen LogP contribution in [0, 0.1) is 0 Å². The summed E-state index contributed by atoms with van der Waals surface area (Å²) in [7, 11) is 0. The summed E-state index contributed by atoms with van der Waals surface area (Å²) < 4.78 is 4.61. The van der Waals surface area contributed by atoms with Gasteiger partial charge in [-0.05, 0) is 25.7 Å². The van der Waals surface area contributed by atoms with Gasteiger partial charge in [0.1, 0.15) is 13.1 Å². The molecule has 0 unspecified atom stereocenters. The number of unbranched alkanes of at least 4 members (excludes halogenated alkanes) is 7. The van der Waals surface area contributed by atoms with Crippen molar-refractivity contribution in [2.75, 3.05) is 23.7 Å². The number of nitrogens with zero attached hydrogens (tertiary/aromatic N) is 2. The first-order valence-corrected chi connectivity index (χ1v) is 12.3. The standard InChI is InChI=1S/C26H42N4/c1-3-17-27-25-13-21-29(22-14-25)19-11-9-7-5-6-8-10-12-20-30-23-15-26(16-24-30)28-18-4-2/h13-16,21-24H,3-12,17-20H2,1-2H3/p+2. The maximum absolute atomic E-state index is 3.43. The molecule has 0 radical (unpaired) electrons. The molecule has 2 rings (SSSR count). The SMILES string of the molecule is CCCNc1cc[n+](CCCCCCCCCC[n+]2ccc(NCCC)cc2)cc1. The van der Waals surface area contributed by atoms with Gasteiger partial charge in [-0.15, -0.1) is 0 Å². The normalized spacial score (nSPS) is 10.9. The van der Waals surface area contributed by atoms with Crippen molar-refractivity contribution in [1.29, 1.82) is 0 Å². The third-order valence-corrected chi connectivity index (χ3v) is 5.52. The van der Waals surface area contributed by atoms with Crippen LogP contribution in [0.5, 0.6) is 0 Å². The van der Waals surface area contributed by atoms with Crippen molar-refractivity contribution < 1.29 is 9.13 Å². The third kappa shape index (κ3) is 10.6. The monoisotopic (exact) mass is 412 g/mol. The molecule has 0 bridgehead atoms. The maximum atomic E-state index is 3.43. The van der Waals surface area contributed by atoms with Crippen molar-refractivity contribution in [3.63, 3.8) is 0 Å². The van der Waals surface area contributed by atoms with Gasteiger partial charge in [0.05, 0.1) is 0 Å². The Morgan fingerprint density at radius 2 is 0.867 bits per heavy atom. The van der Waals surface area contributed by atoms with E-state index in [2.05, 4.69) is 82.7 Å². The zero-order valence-corrected chi connectivity index (χ0v) is 19.4. The Kier molecular flexibility index (Phi) is 12.7. The van der Waals surface area contributed by atoms with Crippen LogP contribution >= 0.6 is 0 Å². The lowest BCUT2D eigenvalue weighted by Crippen LogP contribution is -2.32. The van der Waals surface area contributed by atoms with Gasteiger partial charge in [-0.2, -0.15) is 0 Å². The van der Waals surface area contributed by atoms with E-state index < -0.39 is 0 Å². The Morgan fingerprint density at radius 1 is 0.533 bits per heavy atom. The summed E-state index contributed by atoms with van der Waals surface area (Å²) in [5.74, 6) is 0. The first-order chi connectivity index (χ1) is 14.8. The topological polar surface area (TPSA) is 31.8 Å². The van der Waals surface area contributed by atoms with E-state index in [1.807, 2.05) is 0 Å². The van der Waals surface area contributed by atoms with E-state index in [1.54, 1.807) is 0 Å². The molecule has 2 aromatic rings. The Morgan fingerprint density at radius 3 is 1.20 bits per heavy atom. The number of hydrogen-bond acceptors (Lipinski definition) is 2. The van der Waals surface area contributed by atoms with Gasteiger partial charge in [-0.25, -0.2) is 9.13 Å². The average molecular weight is 413 g/mol. The van der Waals surface area contributed by atoms with E-state index in [4.69, 9.17) is 0 Å². The number of pyridine rings is 2. The lowest BCUT2D eigenvalue weighted by molar-refractivity contribution is -0.697. The molecule has 0 spiro atoms. The van der Waals surface area contributed by atoms with E-state index in [-0.39, 0.29) is 0 Å². The lowest BCUT2D eigenvalue weighted by Gasteiger charge is -2.04. The molecule has 0 saturated carbocycles. The summed E-state index contributed by atoms with van der Waals surface area (Å²) in [6.07, 6.45) is 21.9. The van der Waals surface area contributed by atoms with Gasteiger partial charge in [0, 0.05) is 61.6 Å². The number of hydrogen-bond donors (Lipinski definition) is 2. The highest BCUT2D eigenvalue weighted by Gasteiger charge is 2.02. The number of anilines is 2. The summed E-state index contributed by atoms with van der Waals surface area (Å²) in [5.41, 5.74) is 2.46. The van der Waals surface area contributed by atoms with Gasteiger partial charge >= 0.3 is 0 Å². The van der Waals surface area contributed by atoms with Crippen LogP contribution in [0.1, 0.15) is 78.1 Å². The van der Waals surface area contributed by atoms with Crippen LogP contribution in [0.3, 0.4) is 0 Å². The minimum atomic E-state index is 1.05. The van der Waals surface area contributed by atoms with Crippen LogP contribution in [0.2, 0.25) is 0 Å². The third-order valence-electron chi connectivity index (χ3n) is 5.52. The van der Waals surface area contributed by atoms with Crippen molar-refractivity contribution in [2.24, 2.45) is 0 Å². The fourth-order valence-electron chi connectivity index (χ4n) is 3.64. The molecule has 0 saturated heterocycles. The fraction of sp³-hybridized carbons (Fsp3) is 0.615. The number of aromatic nitrogens is 2. The molecule has 0 aliphatic heterocycles. The van der Waals surface area contributed by atoms with E-state index in [0.717, 1.165) is 26.2 Å². The first kappa shape index (κ1) is 24.2. The van der Waals surface area contributed by atoms with Crippen LogP contribution in [0.4, 0.5) is 11.4 Å². The second kappa shape index (κ2) is 15.7. The molecule has 0 amide bonds. The molecular weight excluding hydrogens is 368 g/mol. The minimum absolute atomic E-state index is 1.05. The van der Waals surface area contributed by atoms with E-state index in [1.165, 1.54) is 75.6 Å². The Balaban J connectivity index is 1.42. The Bertz CT molecular complexity index is 592. The van der Waals surface area contributed by atoms with Crippen molar-refractivity contribution in [3.8, 4) is 0 Å². The summed E-state index contributed by atoms with van der Waals surface area (Å²) in [6.45, 7) is 8.76. The second-order valence-electron chi connectivity index (χ2n) is 8.33. The summed E-state index contributed by atoms with van der Waals surface area (Å²) in [6, 6.07) is 8.74. The molecule has 2 N–H and O–H groups in total. The van der Waals surface area contributed by atoms with E-state index in [9.17, 15) is 0 Å². The quantitative estimate of drug-likeness (QED) is 0.257. The largest absolute Gasteiger partial charge is 0.385 e. The predicted octanol–water partition coefficient (Wildman–Crippen LogP) is 5.73. The maximum Gasteiger partial charge on any atom is 0.170 e. The van der Waals surface area contributed by atoms with Crippen LogP contribution in [0.15, 0.2) is 49.1 Å². The second-order valence-corrected chi connectivity index (χ2v) is 8.33. The summed E-state index contributed by atoms with van der Waals surface area (Å²) in [5, 5.41) is 6.85. The highest BCUT2D eigenvalue weighted by molar-refractivity contribution is 5.40. The minimum Gasteiger partial charge on any atom is -0.385 e. The molecule has 4 nitrogen and oxygen atoms in total. The Hall–Kier alpha value is -2.10. The van der Waals surface area contributed by atoms with Gasteiger partial charge in [0.25, 0.3) is 0 Å². The van der Waals surface area contributed by atoms with Crippen LogP contribution < -0.4 is 19.8 Å². The van der Waals surface area contributed by atoms with Crippen molar-refractivity contribution in [3.05, 3.63) is 49.1 Å². The molecule has 2 aromatic heterocycles. The molecule has 0 fully saturated rings. The average Bonchev–Trinajstić information content (AvgIpc) is 2.79. The highest BCUT2D eigenvalue weighted by Crippen LogP contribution is 2.09. The molecule has 4 heteroatoms. The smallest absolute Gasteiger partial charge is 0.170 e. The van der Waals surface area contributed by atoms with Gasteiger partial charge in [0.2, 0.25) is 0 Å². The molecule has 0 aromatic carbocycles. The molecule has 0 aliphatic carbocycles. The van der Waals surface area contributed by atoms with Gasteiger partial charge in [-0.3, -0.25) is 0 Å². The van der Waals surface area contributed by atoms with Crippen molar-refractivity contribution in [2.45, 2.75) is 91.1 Å². The molecule has 2 heterocycles. The summed E-state index contributed by atoms with van der Waals surface area (Å²) in [4.78, 5) is 0. The lowest BCUT2D eigenvalue weighted by atomic mass is 10.1. The van der Waals surface area contributed by atoms with Gasteiger partial charge in [-0.1, -0.05) is 39.5 Å². The van der Waals surface area contributed by atoms with E-state index >= 15 is 0 Å². The first-order valence-electron chi connectivity index (χ1n) is 12.3. The molecule has 30 heavy (non-hydrogen) atoms. The number of nitrogens with one attached hydrogen (secondary N) is 2. The fourth-order valence-corrected chi connectivity index (χ4v) is 3.64.